The van der Waals surface area contributed by atoms with Gasteiger partial charge >= 0.3 is 6.09 Å². The molecule has 0 bridgehead atoms. The first-order valence-corrected chi connectivity index (χ1v) is 8.63. The Morgan fingerprint density at radius 3 is 2.86 bits per heavy atom. The number of nitrogens with one attached hydrogen (secondary N) is 1. The fourth-order valence-corrected chi connectivity index (χ4v) is 2.85. The number of aryl methyl sites for hydroxylation is 1. The van der Waals surface area contributed by atoms with Crippen LogP contribution in [-0.2, 0) is 0 Å². The topological polar surface area (TPSA) is 92.8 Å². The first-order valence-electron chi connectivity index (χ1n) is 8.63. The SMILES string of the molecule is Cc1nc(-c2cccc(F)c2)ncc1OC(=O)Nn1ccc2cc(C#N)ccc21. The summed E-state index contributed by atoms with van der Waals surface area (Å²) >= 11 is 0. The van der Waals surface area contributed by atoms with Crippen LogP contribution >= 0.6 is 0 Å². The highest BCUT2D eigenvalue weighted by Gasteiger charge is 2.12. The summed E-state index contributed by atoms with van der Waals surface area (Å²) in [4.78, 5) is 20.7. The molecule has 1 N–H and O–H groups in total. The zero-order chi connectivity index (χ0) is 20.4. The Morgan fingerprint density at radius 2 is 2.10 bits per heavy atom. The number of rotatable bonds is 3. The number of nitrogens with zero attached hydrogens (tertiary/aromatic N) is 4. The monoisotopic (exact) mass is 387 g/mol. The van der Waals surface area contributed by atoms with E-state index in [9.17, 15) is 9.18 Å². The summed E-state index contributed by atoms with van der Waals surface area (Å²) in [5.41, 5.74) is 4.81. The van der Waals surface area contributed by atoms with Crippen LogP contribution < -0.4 is 10.2 Å². The van der Waals surface area contributed by atoms with Gasteiger partial charge in [-0.25, -0.2) is 24.6 Å². The average Bonchev–Trinajstić information content (AvgIpc) is 3.11. The molecule has 1 amide bonds. The van der Waals surface area contributed by atoms with Crippen molar-refractivity contribution in [2.75, 3.05) is 5.43 Å². The third-order valence-corrected chi connectivity index (χ3v) is 4.25. The van der Waals surface area contributed by atoms with Crippen LogP contribution in [0.1, 0.15) is 11.3 Å². The first-order chi connectivity index (χ1) is 14.0. The predicted octanol–water partition coefficient (Wildman–Crippen LogP) is 4.16. The van der Waals surface area contributed by atoms with Crippen LogP contribution in [-0.4, -0.2) is 20.7 Å². The maximum Gasteiger partial charge on any atom is 0.432 e. The van der Waals surface area contributed by atoms with Crippen LogP contribution in [0, 0.1) is 24.1 Å². The molecule has 4 aromatic rings. The van der Waals surface area contributed by atoms with Crippen molar-refractivity contribution in [3.8, 4) is 23.2 Å². The number of hydrogen-bond donors (Lipinski definition) is 1. The van der Waals surface area contributed by atoms with E-state index in [1.54, 1.807) is 49.5 Å². The molecule has 0 aliphatic carbocycles. The zero-order valence-electron chi connectivity index (χ0n) is 15.3. The van der Waals surface area contributed by atoms with Gasteiger partial charge in [0, 0.05) is 17.1 Å². The molecule has 0 aliphatic rings. The lowest BCUT2D eigenvalue weighted by atomic mass is 10.2. The van der Waals surface area contributed by atoms with Crippen molar-refractivity contribution < 1.29 is 13.9 Å². The summed E-state index contributed by atoms with van der Waals surface area (Å²) in [6, 6.07) is 14.9. The van der Waals surface area contributed by atoms with Gasteiger partial charge in [-0.05, 0) is 43.3 Å². The molecular weight excluding hydrogens is 373 g/mol. The highest BCUT2D eigenvalue weighted by molar-refractivity contribution is 5.86. The molecule has 4 rings (SSSR count). The molecule has 2 aromatic carbocycles. The van der Waals surface area contributed by atoms with E-state index < -0.39 is 6.09 Å². The third kappa shape index (κ3) is 3.75. The largest absolute Gasteiger partial charge is 0.432 e. The Morgan fingerprint density at radius 1 is 1.24 bits per heavy atom. The lowest BCUT2D eigenvalue weighted by Gasteiger charge is -2.10. The van der Waals surface area contributed by atoms with Crippen molar-refractivity contribution in [2.45, 2.75) is 6.92 Å². The van der Waals surface area contributed by atoms with Crippen LogP contribution in [0.2, 0.25) is 0 Å². The average molecular weight is 387 g/mol. The summed E-state index contributed by atoms with van der Waals surface area (Å²) in [5.74, 6) is 0.134. The van der Waals surface area contributed by atoms with Crippen molar-refractivity contribution in [2.24, 2.45) is 0 Å². The first kappa shape index (κ1) is 18.1. The molecule has 2 aromatic heterocycles. The maximum atomic E-state index is 13.4. The van der Waals surface area contributed by atoms with Crippen molar-refractivity contribution in [3.63, 3.8) is 0 Å². The van der Waals surface area contributed by atoms with Crippen molar-refractivity contribution in [3.05, 3.63) is 78.0 Å². The molecule has 0 spiro atoms. The number of benzene rings is 2. The van der Waals surface area contributed by atoms with Gasteiger partial charge in [0.15, 0.2) is 11.6 Å². The number of halogens is 1. The Labute approximate surface area is 165 Å². The molecule has 0 atom stereocenters. The molecule has 142 valence electrons. The minimum Gasteiger partial charge on any atom is -0.406 e. The van der Waals surface area contributed by atoms with Gasteiger partial charge in [-0.3, -0.25) is 4.68 Å². The van der Waals surface area contributed by atoms with E-state index in [0.29, 0.717) is 22.6 Å². The van der Waals surface area contributed by atoms with Gasteiger partial charge in [0.25, 0.3) is 0 Å². The van der Waals surface area contributed by atoms with Crippen molar-refractivity contribution in [1.29, 1.82) is 5.26 Å². The minimum atomic E-state index is -0.725. The molecule has 8 heteroatoms. The Balaban J connectivity index is 1.51. The highest BCUT2D eigenvalue weighted by atomic mass is 19.1. The highest BCUT2D eigenvalue weighted by Crippen LogP contribution is 2.21. The Hall–Kier alpha value is -4.25. The van der Waals surface area contributed by atoms with Gasteiger partial charge in [0.2, 0.25) is 0 Å². The van der Waals surface area contributed by atoms with Gasteiger partial charge in [0.1, 0.15) is 5.82 Å². The van der Waals surface area contributed by atoms with Crippen LogP contribution in [0.5, 0.6) is 5.75 Å². The smallest absolute Gasteiger partial charge is 0.406 e. The molecule has 0 radical (unpaired) electrons. The summed E-state index contributed by atoms with van der Waals surface area (Å²) in [5, 5.41) is 9.78. The fourth-order valence-electron chi connectivity index (χ4n) is 2.85. The number of aromatic nitrogens is 3. The summed E-state index contributed by atoms with van der Waals surface area (Å²) in [6.07, 6.45) is 2.30. The third-order valence-electron chi connectivity index (χ3n) is 4.25. The van der Waals surface area contributed by atoms with Gasteiger partial charge in [-0.15, -0.1) is 0 Å². The van der Waals surface area contributed by atoms with Gasteiger partial charge in [-0.1, -0.05) is 12.1 Å². The standard InChI is InChI=1S/C21H14FN5O2/c1-13-19(12-24-20(25-13)16-3-2-4-17(22)10-16)29-21(28)26-27-8-7-15-9-14(11-23)5-6-18(15)27/h2-10,12H,1H3,(H,26,28). The summed E-state index contributed by atoms with van der Waals surface area (Å²) in [7, 11) is 0. The van der Waals surface area contributed by atoms with E-state index in [4.69, 9.17) is 10.00 Å². The molecule has 0 unspecified atom stereocenters. The molecule has 0 saturated carbocycles. The second-order valence-corrected chi connectivity index (χ2v) is 6.23. The lowest BCUT2D eigenvalue weighted by molar-refractivity contribution is 0.211. The van der Waals surface area contributed by atoms with E-state index >= 15 is 0 Å². The minimum absolute atomic E-state index is 0.186. The molecular formula is C21H14FN5O2. The van der Waals surface area contributed by atoms with Gasteiger partial charge < -0.3 is 4.74 Å². The number of nitriles is 1. The van der Waals surface area contributed by atoms with E-state index in [-0.39, 0.29) is 11.6 Å². The predicted molar refractivity (Wildman–Crippen MR) is 104 cm³/mol. The maximum absolute atomic E-state index is 13.4. The van der Waals surface area contributed by atoms with Crippen LogP contribution in [0.4, 0.5) is 9.18 Å². The zero-order valence-corrected chi connectivity index (χ0v) is 15.3. The second-order valence-electron chi connectivity index (χ2n) is 6.23. The number of ether oxygens (including phenoxy) is 1. The Kier molecular flexibility index (Phi) is 4.63. The van der Waals surface area contributed by atoms with Gasteiger partial charge in [0.05, 0.1) is 29.0 Å². The number of amides is 1. The molecule has 7 nitrogen and oxygen atoms in total. The van der Waals surface area contributed by atoms with Crippen LogP contribution in [0.15, 0.2) is 60.9 Å². The van der Waals surface area contributed by atoms with Crippen LogP contribution in [0.25, 0.3) is 22.3 Å². The van der Waals surface area contributed by atoms with Crippen molar-refractivity contribution >= 4 is 17.0 Å². The van der Waals surface area contributed by atoms with E-state index in [1.807, 2.05) is 0 Å². The number of fused-ring (bicyclic) bond motifs is 1. The summed E-state index contributed by atoms with van der Waals surface area (Å²) in [6.45, 7) is 1.67. The molecule has 0 aliphatic heterocycles. The number of carbonyl (C=O) groups is 1. The number of carbonyl (C=O) groups excluding carboxylic acids is 1. The molecule has 29 heavy (non-hydrogen) atoms. The second kappa shape index (κ2) is 7.40. The number of hydrogen-bond acceptors (Lipinski definition) is 5. The van der Waals surface area contributed by atoms with Crippen LogP contribution in [0.3, 0.4) is 0 Å². The van der Waals surface area contributed by atoms with Crippen molar-refractivity contribution in [1.82, 2.24) is 14.6 Å². The van der Waals surface area contributed by atoms with E-state index in [2.05, 4.69) is 21.5 Å². The van der Waals surface area contributed by atoms with Gasteiger partial charge in [-0.2, -0.15) is 5.26 Å². The van der Waals surface area contributed by atoms with E-state index in [1.165, 1.54) is 23.0 Å². The molecule has 0 saturated heterocycles. The molecule has 0 fully saturated rings. The fraction of sp³-hybridized carbons (Fsp3) is 0.0476. The molecule has 2 heterocycles. The van der Waals surface area contributed by atoms with E-state index in [0.717, 1.165) is 10.9 Å². The Bertz CT molecular complexity index is 1280. The normalized spacial score (nSPS) is 10.5. The summed E-state index contributed by atoms with van der Waals surface area (Å²) < 4.78 is 20.2. The lowest BCUT2D eigenvalue weighted by Crippen LogP contribution is -2.25. The quantitative estimate of drug-likeness (QED) is 0.570.